The van der Waals surface area contributed by atoms with Crippen LogP contribution in [-0.4, -0.2) is 32.3 Å². The summed E-state index contributed by atoms with van der Waals surface area (Å²) in [5.41, 5.74) is 4.35. The monoisotopic (exact) mass is 416 g/mol. The van der Waals surface area contributed by atoms with E-state index < -0.39 is 0 Å². The third-order valence-electron chi connectivity index (χ3n) is 4.81. The summed E-state index contributed by atoms with van der Waals surface area (Å²) >= 11 is 0. The van der Waals surface area contributed by atoms with Gasteiger partial charge in [0.15, 0.2) is 23.9 Å². The second-order valence-corrected chi connectivity index (χ2v) is 7.08. The molecule has 4 aromatic rings. The Morgan fingerprint density at radius 3 is 2.45 bits per heavy atom. The molecule has 0 radical (unpaired) electrons. The number of aryl methyl sites for hydroxylation is 1. The van der Waals surface area contributed by atoms with Gasteiger partial charge in [0.25, 0.3) is 0 Å². The zero-order chi connectivity index (χ0) is 21.5. The number of methoxy groups -OCH3 is 1. The minimum atomic E-state index is 0.219. The Balaban J connectivity index is 1.39. The molecule has 0 spiro atoms. The third kappa shape index (κ3) is 5.23. The molecule has 0 fully saturated rings. The highest BCUT2D eigenvalue weighted by molar-refractivity contribution is 5.43. The van der Waals surface area contributed by atoms with Crippen molar-refractivity contribution in [3.8, 4) is 17.2 Å². The number of hydrogen-bond donors (Lipinski definition) is 1. The van der Waals surface area contributed by atoms with Crippen LogP contribution >= 0.6 is 0 Å². The molecule has 8 nitrogen and oxygen atoms in total. The number of hydrogen-bond acceptors (Lipinski definition) is 7. The minimum absolute atomic E-state index is 0.219. The van der Waals surface area contributed by atoms with E-state index in [2.05, 4.69) is 25.8 Å². The van der Waals surface area contributed by atoms with E-state index in [1.807, 2.05) is 61.5 Å². The fourth-order valence-electron chi connectivity index (χ4n) is 3.12. The van der Waals surface area contributed by atoms with Gasteiger partial charge in [-0.25, -0.2) is 0 Å². The molecule has 31 heavy (non-hydrogen) atoms. The third-order valence-corrected chi connectivity index (χ3v) is 4.81. The molecule has 0 saturated heterocycles. The lowest BCUT2D eigenvalue weighted by molar-refractivity contribution is 0.273. The molecular weight excluding hydrogens is 392 g/mol. The number of aromatic nitrogens is 5. The fraction of sp³-hybridized carbons (Fsp3) is 0.217. The van der Waals surface area contributed by atoms with Gasteiger partial charge in [-0.05, 0) is 64.9 Å². The number of ether oxygens (including phenoxy) is 2. The first-order valence-electron chi connectivity index (χ1n) is 9.96. The van der Waals surface area contributed by atoms with Crippen LogP contribution in [0, 0.1) is 6.92 Å². The molecule has 0 bridgehead atoms. The second-order valence-electron chi connectivity index (χ2n) is 7.08. The molecule has 2 heterocycles. The van der Waals surface area contributed by atoms with Crippen molar-refractivity contribution >= 4 is 0 Å². The molecule has 0 amide bonds. The number of rotatable bonds is 9. The molecule has 4 rings (SSSR count). The Morgan fingerprint density at radius 2 is 1.68 bits per heavy atom. The van der Waals surface area contributed by atoms with Gasteiger partial charge in [-0.3, -0.25) is 4.98 Å². The molecule has 1 N–H and O–H groups in total. The van der Waals surface area contributed by atoms with Gasteiger partial charge in [0.1, 0.15) is 0 Å². The zero-order valence-electron chi connectivity index (χ0n) is 17.5. The standard InChI is InChI=1S/C23H24N6O2/c1-17-3-6-20(7-4-17)29-23(26-27-28-29)16-31-21-8-5-19(13-22(21)30-2)15-25-14-18-9-11-24-12-10-18/h3-13,25H,14-16H2,1-2H3. The molecule has 2 aromatic heterocycles. The van der Waals surface area contributed by atoms with Crippen molar-refractivity contribution in [3.63, 3.8) is 0 Å². The Morgan fingerprint density at radius 1 is 0.903 bits per heavy atom. The summed E-state index contributed by atoms with van der Waals surface area (Å²) < 4.78 is 13.2. The summed E-state index contributed by atoms with van der Waals surface area (Å²) in [5.74, 6) is 1.91. The van der Waals surface area contributed by atoms with Crippen LogP contribution in [0.25, 0.3) is 5.69 Å². The van der Waals surface area contributed by atoms with E-state index in [0.29, 0.717) is 23.9 Å². The van der Waals surface area contributed by atoms with Crippen molar-refractivity contribution in [2.75, 3.05) is 7.11 Å². The van der Waals surface area contributed by atoms with Gasteiger partial charge in [0.2, 0.25) is 0 Å². The van der Waals surface area contributed by atoms with Crippen LogP contribution in [0.4, 0.5) is 0 Å². The van der Waals surface area contributed by atoms with E-state index in [0.717, 1.165) is 17.8 Å². The van der Waals surface area contributed by atoms with Crippen LogP contribution < -0.4 is 14.8 Å². The average molecular weight is 416 g/mol. The first kappa shape index (κ1) is 20.5. The molecule has 0 aliphatic carbocycles. The summed E-state index contributed by atoms with van der Waals surface area (Å²) in [5, 5.41) is 15.4. The van der Waals surface area contributed by atoms with E-state index >= 15 is 0 Å². The number of benzene rings is 2. The molecular formula is C23H24N6O2. The number of nitrogens with zero attached hydrogens (tertiary/aromatic N) is 5. The second kappa shape index (κ2) is 9.82. The highest BCUT2D eigenvalue weighted by Crippen LogP contribution is 2.29. The van der Waals surface area contributed by atoms with E-state index in [4.69, 9.17) is 9.47 Å². The summed E-state index contributed by atoms with van der Waals surface area (Å²) in [6.07, 6.45) is 3.59. The van der Waals surface area contributed by atoms with E-state index in [1.54, 1.807) is 24.2 Å². The molecule has 158 valence electrons. The Hall–Kier alpha value is -3.78. The lowest BCUT2D eigenvalue weighted by Gasteiger charge is -2.13. The van der Waals surface area contributed by atoms with Crippen LogP contribution in [0.2, 0.25) is 0 Å². The fourth-order valence-corrected chi connectivity index (χ4v) is 3.12. The Labute approximate surface area is 180 Å². The van der Waals surface area contributed by atoms with Crippen molar-refractivity contribution in [3.05, 3.63) is 89.5 Å². The maximum atomic E-state index is 5.97. The van der Waals surface area contributed by atoms with Gasteiger partial charge < -0.3 is 14.8 Å². The first-order valence-corrected chi connectivity index (χ1v) is 9.96. The predicted octanol–water partition coefficient (Wildman–Crippen LogP) is 3.24. The molecule has 0 saturated carbocycles. The Kier molecular flexibility index (Phi) is 6.49. The molecule has 0 aliphatic rings. The predicted molar refractivity (Wildman–Crippen MR) is 116 cm³/mol. The summed E-state index contributed by atoms with van der Waals surface area (Å²) in [6, 6.07) is 17.9. The number of nitrogens with one attached hydrogen (secondary N) is 1. The molecule has 0 unspecified atom stereocenters. The van der Waals surface area contributed by atoms with E-state index in [1.165, 1.54) is 11.1 Å². The maximum Gasteiger partial charge on any atom is 0.194 e. The van der Waals surface area contributed by atoms with Crippen molar-refractivity contribution in [1.29, 1.82) is 0 Å². The number of pyridine rings is 1. The topological polar surface area (TPSA) is 87.0 Å². The highest BCUT2D eigenvalue weighted by Gasteiger charge is 2.12. The normalized spacial score (nSPS) is 10.8. The summed E-state index contributed by atoms with van der Waals surface area (Å²) in [6.45, 7) is 3.74. The van der Waals surface area contributed by atoms with Gasteiger partial charge in [-0.2, -0.15) is 4.68 Å². The van der Waals surface area contributed by atoms with Gasteiger partial charge in [0, 0.05) is 25.5 Å². The first-order chi connectivity index (χ1) is 15.2. The van der Waals surface area contributed by atoms with Gasteiger partial charge in [-0.1, -0.05) is 23.8 Å². The van der Waals surface area contributed by atoms with Crippen LogP contribution in [0.5, 0.6) is 11.5 Å². The molecule has 0 aliphatic heterocycles. The minimum Gasteiger partial charge on any atom is -0.493 e. The van der Waals surface area contributed by atoms with E-state index in [-0.39, 0.29) is 6.61 Å². The number of tetrazole rings is 1. The van der Waals surface area contributed by atoms with Crippen LogP contribution in [-0.2, 0) is 19.7 Å². The SMILES string of the molecule is COc1cc(CNCc2ccncc2)ccc1OCc1nnnn1-c1ccc(C)cc1. The average Bonchev–Trinajstić information content (AvgIpc) is 3.28. The quantitative estimate of drug-likeness (QED) is 0.448. The smallest absolute Gasteiger partial charge is 0.194 e. The Bertz CT molecular complexity index is 1110. The molecule has 2 aromatic carbocycles. The lowest BCUT2D eigenvalue weighted by atomic mass is 10.2. The molecule has 8 heteroatoms. The highest BCUT2D eigenvalue weighted by atomic mass is 16.5. The van der Waals surface area contributed by atoms with Crippen molar-refractivity contribution < 1.29 is 9.47 Å². The van der Waals surface area contributed by atoms with Crippen molar-refractivity contribution in [2.45, 2.75) is 26.6 Å². The van der Waals surface area contributed by atoms with Gasteiger partial charge in [-0.15, -0.1) is 5.10 Å². The largest absolute Gasteiger partial charge is 0.493 e. The zero-order valence-corrected chi connectivity index (χ0v) is 17.5. The summed E-state index contributed by atoms with van der Waals surface area (Å²) in [4.78, 5) is 4.03. The van der Waals surface area contributed by atoms with Gasteiger partial charge >= 0.3 is 0 Å². The summed E-state index contributed by atoms with van der Waals surface area (Å²) in [7, 11) is 1.63. The van der Waals surface area contributed by atoms with Crippen LogP contribution in [0.1, 0.15) is 22.5 Å². The van der Waals surface area contributed by atoms with Crippen molar-refractivity contribution in [2.24, 2.45) is 0 Å². The van der Waals surface area contributed by atoms with Crippen LogP contribution in [0.3, 0.4) is 0 Å². The van der Waals surface area contributed by atoms with E-state index in [9.17, 15) is 0 Å². The lowest BCUT2D eigenvalue weighted by Crippen LogP contribution is -2.13. The van der Waals surface area contributed by atoms with Gasteiger partial charge in [0.05, 0.1) is 12.8 Å². The van der Waals surface area contributed by atoms with Crippen LogP contribution in [0.15, 0.2) is 67.0 Å². The maximum absolute atomic E-state index is 5.97. The van der Waals surface area contributed by atoms with Crippen molar-refractivity contribution in [1.82, 2.24) is 30.5 Å². The molecule has 0 atom stereocenters.